The van der Waals surface area contributed by atoms with Gasteiger partial charge in [-0.1, -0.05) is 13.0 Å². The topological polar surface area (TPSA) is 71.9 Å². The maximum absolute atomic E-state index is 15.8. The van der Waals surface area contributed by atoms with Crippen LogP contribution in [-0.4, -0.2) is 49.5 Å². The number of hydrogen-bond acceptors (Lipinski definition) is 5. The van der Waals surface area contributed by atoms with Crippen LogP contribution in [0.5, 0.6) is 0 Å². The Morgan fingerprint density at radius 2 is 1.82 bits per heavy atom. The first-order valence-electron chi connectivity index (χ1n) is 10.4. The van der Waals surface area contributed by atoms with Crippen LogP contribution in [0, 0.1) is 0 Å². The highest BCUT2D eigenvalue weighted by Gasteiger charge is 2.42. The minimum atomic E-state index is -4.54. The number of amides is 1. The summed E-state index contributed by atoms with van der Waals surface area (Å²) in [7, 11) is 0. The van der Waals surface area contributed by atoms with Crippen molar-refractivity contribution in [3.8, 4) is 11.4 Å². The molecule has 1 aliphatic rings. The SMILES string of the molecule is C[C@H](c1ccc(C(F)(F)F)nc1)C1(F)CCN(C(=O)c2cccnc2-c2ccncn2)CC1. The molecular formula is C23H21F4N5O. The van der Waals surface area contributed by atoms with Gasteiger partial charge in [0.15, 0.2) is 0 Å². The van der Waals surface area contributed by atoms with E-state index in [2.05, 4.69) is 19.9 Å². The number of carbonyl (C=O) groups is 1. The normalized spacial score (nSPS) is 16.9. The van der Waals surface area contributed by atoms with E-state index in [0.717, 1.165) is 12.3 Å². The first-order chi connectivity index (χ1) is 15.7. The van der Waals surface area contributed by atoms with Crippen LogP contribution in [0.3, 0.4) is 0 Å². The molecule has 0 spiro atoms. The van der Waals surface area contributed by atoms with Crippen LogP contribution in [0.25, 0.3) is 11.4 Å². The fourth-order valence-electron chi connectivity index (χ4n) is 4.03. The predicted octanol–water partition coefficient (Wildman–Crippen LogP) is 4.70. The number of nitrogens with zero attached hydrogens (tertiary/aromatic N) is 5. The van der Waals surface area contributed by atoms with Crippen molar-refractivity contribution >= 4 is 5.91 Å². The monoisotopic (exact) mass is 459 g/mol. The molecule has 0 N–H and O–H groups in total. The van der Waals surface area contributed by atoms with E-state index in [4.69, 9.17) is 0 Å². The van der Waals surface area contributed by atoms with Crippen LogP contribution >= 0.6 is 0 Å². The molecule has 4 rings (SSSR count). The number of rotatable bonds is 4. The Balaban J connectivity index is 1.47. The molecule has 1 saturated heterocycles. The zero-order valence-electron chi connectivity index (χ0n) is 17.8. The largest absolute Gasteiger partial charge is 0.433 e. The molecule has 1 atom stereocenters. The lowest BCUT2D eigenvalue weighted by Crippen LogP contribution is -2.47. The Labute approximate surface area is 187 Å². The number of piperidine rings is 1. The van der Waals surface area contributed by atoms with Crippen molar-refractivity contribution in [2.75, 3.05) is 13.1 Å². The standard InChI is InChI=1S/C23H21F4N5O/c1-15(16-4-5-19(30-13-16)23(25,26)27)22(24)7-11-32(12-8-22)21(33)17-3-2-9-29-20(17)18-6-10-28-14-31-18/h2-6,9-10,13-15H,7-8,11-12H2,1H3/t15-/m1/s1. The van der Waals surface area contributed by atoms with Crippen molar-refractivity contribution < 1.29 is 22.4 Å². The summed E-state index contributed by atoms with van der Waals surface area (Å²) in [4.78, 5) is 30.5. The van der Waals surface area contributed by atoms with E-state index < -0.39 is 23.5 Å². The number of likely N-dealkylation sites (tertiary alicyclic amines) is 1. The van der Waals surface area contributed by atoms with Crippen molar-refractivity contribution in [1.82, 2.24) is 24.8 Å². The molecule has 3 aromatic rings. The molecule has 0 aromatic carbocycles. The summed E-state index contributed by atoms with van der Waals surface area (Å²) in [5, 5.41) is 0. The van der Waals surface area contributed by atoms with Crippen LogP contribution in [0.2, 0.25) is 0 Å². The van der Waals surface area contributed by atoms with E-state index in [1.807, 2.05) is 0 Å². The van der Waals surface area contributed by atoms with Gasteiger partial charge in [0.25, 0.3) is 5.91 Å². The quantitative estimate of drug-likeness (QED) is 0.529. The highest BCUT2D eigenvalue weighted by Crippen LogP contribution is 2.40. The Kier molecular flexibility index (Phi) is 6.09. The molecule has 0 saturated carbocycles. The van der Waals surface area contributed by atoms with Crippen LogP contribution in [0.4, 0.5) is 17.6 Å². The maximum atomic E-state index is 15.8. The van der Waals surface area contributed by atoms with Gasteiger partial charge in [0.1, 0.15) is 23.4 Å². The fourth-order valence-corrected chi connectivity index (χ4v) is 4.03. The predicted molar refractivity (Wildman–Crippen MR) is 112 cm³/mol. The van der Waals surface area contributed by atoms with E-state index in [9.17, 15) is 18.0 Å². The summed E-state index contributed by atoms with van der Waals surface area (Å²) in [6.45, 7) is 1.98. The lowest BCUT2D eigenvalue weighted by Gasteiger charge is -2.40. The second-order valence-corrected chi connectivity index (χ2v) is 8.02. The molecule has 10 heteroatoms. The number of pyridine rings is 2. The molecule has 3 aromatic heterocycles. The summed E-state index contributed by atoms with van der Waals surface area (Å²) in [6, 6.07) is 7.09. The Hall–Kier alpha value is -3.43. The average Bonchev–Trinajstić information content (AvgIpc) is 2.84. The third-order valence-electron chi connectivity index (χ3n) is 6.10. The second kappa shape index (κ2) is 8.84. The fraction of sp³-hybridized carbons (Fsp3) is 0.348. The summed E-state index contributed by atoms with van der Waals surface area (Å²) in [5.41, 5.74) is -0.989. The third-order valence-corrected chi connectivity index (χ3v) is 6.10. The average molecular weight is 459 g/mol. The molecule has 1 aliphatic heterocycles. The summed E-state index contributed by atoms with van der Waals surface area (Å²) in [5.74, 6) is -0.942. The zero-order valence-corrected chi connectivity index (χ0v) is 17.8. The smallest absolute Gasteiger partial charge is 0.338 e. The first-order valence-corrected chi connectivity index (χ1v) is 10.4. The van der Waals surface area contributed by atoms with E-state index in [-0.39, 0.29) is 31.8 Å². The molecule has 6 nitrogen and oxygen atoms in total. The van der Waals surface area contributed by atoms with Gasteiger partial charge < -0.3 is 4.90 Å². The molecule has 33 heavy (non-hydrogen) atoms. The third kappa shape index (κ3) is 4.69. The van der Waals surface area contributed by atoms with Crippen LogP contribution < -0.4 is 0 Å². The van der Waals surface area contributed by atoms with E-state index in [0.29, 0.717) is 22.5 Å². The Bertz CT molecular complexity index is 1110. The van der Waals surface area contributed by atoms with Crippen molar-refractivity contribution in [2.24, 2.45) is 0 Å². The van der Waals surface area contributed by atoms with Crippen molar-refractivity contribution in [1.29, 1.82) is 0 Å². The number of aromatic nitrogens is 4. The molecule has 0 aliphatic carbocycles. The second-order valence-electron chi connectivity index (χ2n) is 8.02. The van der Waals surface area contributed by atoms with Crippen molar-refractivity contribution in [3.05, 3.63) is 72.1 Å². The lowest BCUT2D eigenvalue weighted by molar-refractivity contribution is -0.141. The summed E-state index contributed by atoms with van der Waals surface area (Å²) in [6.07, 6.45) is 1.15. The van der Waals surface area contributed by atoms with Crippen LogP contribution in [0.1, 0.15) is 47.3 Å². The Morgan fingerprint density at radius 1 is 1.06 bits per heavy atom. The molecule has 0 radical (unpaired) electrons. The van der Waals surface area contributed by atoms with Gasteiger partial charge in [0.05, 0.1) is 11.3 Å². The van der Waals surface area contributed by atoms with E-state index in [1.165, 1.54) is 12.4 Å². The van der Waals surface area contributed by atoms with Gasteiger partial charge in [0, 0.05) is 37.6 Å². The molecule has 0 bridgehead atoms. The number of hydrogen-bond donors (Lipinski definition) is 0. The van der Waals surface area contributed by atoms with Crippen LogP contribution in [-0.2, 0) is 6.18 Å². The number of alkyl halides is 4. The lowest BCUT2D eigenvalue weighted by atomic mass is 9.78. The molecule has 4 heterocycles. The van der Waals surface area contributed by atoms with Gasteiger partial charge in [0.2, 0.25) is 0 Å². The minimum absolute atomic E-state index is 0.0596. The highest BCUT2D eigenvalue weighted by atomic mass is 19.4. The molecule has 1 amide bonds. The Morgan fingerprint density at radius 3 is 2.42 bits per heavy atom. The van der Waals surface area contributed by atoms with Gasteiger partial charge in [-0.3, -0.25) is 14.8 Å². The molecule has 0 unspecified atom stereocenters. The zero-order chi connectivity index (χ0) is 23.6. The van der Waals surface area contributed by atoms with Gasteiger partial charge in [-0.15, -0.1) is 0 Å². The number of carbonyl (C=O) groups excluding carboxylic acids is 1. The van der Waals surface area contributed by atoms with Crippen molar-refractivity contribution in [3.63, 3.8) is 0 Å². The van der Waals surface area contributed by atoms with Gasteiger partial charge in [-0.05, 0) is 42.7 Å². The summed E-state index contributed by atoms with van der Waals surface area (Å²) < 4.78 is 54.0. The van der Waals surface area contributed by atoms with Gasteiger partial charge in [-0.2, -0.15) is 13.2 Å². The van der Waals surface area contributed by atoms with Gasteiger partial charge >= 0.3 is 6.18 Å². The van der Waals surface area contributed by atoms with Crippen LogP contribution in [0.15, 0.2) is 55.2 Å². The maximum Gasteiger partial charge on any atom is 0.433 e. The molecule has 172 valence electrons. The van der Waals surface area contributed by atoms with Crippen molar-refractivity contribution in [2.45, 2.75) is 37.5 Å². The highest BCUT2D eigenvalue weighted by molar-refractivity contribution is 5.99. The first kappa shape index (κ1) is 22.8. The summed E-state index contributed by atoms with van der Waals surface area (Å²) >= 11 is 0. The number of halogens is 4. The molecule has 1 fully saturated rings. The van der Waals surface area contributed by atoms with E-state index >= 15 is 4.39 Å². The minimum Gasteiger partial charge on any atom is -0.338 e. The van der Waals surface area contributed by atoms with E-state index in [1.54, 1.807) is 42.4 Å². The molecular weight excluding hydrogens is 438 g/mol. The van der Waals surface area contributed by atoms with Gasteiger partial charge in [-0.25, -0.2) is 14.4 Å².